The fraction of sp³-hybridized carbons (Fsp3) is 0.588. The molecule has 0 bridgehead atoms. The minimum Gasteiger partial charge on any atom is -0.363 e. The summed E-state index contributed by atoms with van der Waals surface area (Å²) in [5.41, 5.74) is 3.11. The summed E-state index contributed by atoms with van der Waals surface area (Å²) < 4.78 is 0. The van der Waals surface area contributed by atoms with Crippen molar-refractivity contribution in [3.8, 4) is 0 Å². The Hall–Kier alpha value is -1.73. The number of thiazole rings is 1. The molecule has 2 aromatic rings. The highest BCUT2D eigenvalue weighted by atomic mass is 32.1. The number of likely N-dealkylation sites (tertiary alicyclic amines) is 1. The number of aryl methyl sites for hydroxylation is 1. The van der Waals surface area contributed by atoms with Crippen LogP contribution in [0.1, 0.15) is 23.4 Å². The van der Waals surface area contributed by atoms with Crippen molar-refractivity contribution in [2.45, 2.75) is 32.4 Å². The molecule has 2 aromatic heterocycles. The molecule has 3 rings (SSSR count). The first-order valence-corrected chi connectivity index (χ1v) is 9.27. The quantitative estimate of drug-likeness (QED) is 0.829. The first-order chi connectivity index (χ1) is 11.5. The lowest BCUT2D eigenvalue weighted by Crippen LogP contribution is -2.46. The average molecular weight is 347 g/mol. The molecule has 3 heterocycles. The van der Waals surface area contributed by atoms with Crippen molar-refractivity contribution in [1.29, 1.82) is 0 Å². The van der Waals surface area contributed by atoms with E-state index in [4.69, 9.17) is 0 Å². The molecule has 24 heavy (non-hydrogen) atoms. The van der Waals surface area contributed by atoms with Gasteiger partial charge in [-0.15, -0.1) is 11.3 Å². The van der Waals surface area contributed by atoms with E-state index in [0.29, 0.717) is 6.04 Å². The van der Waals surface area contributed by atoms with Crippen LogP contribution in [-0.2, 0) is 6.54 Å². The van der Waals surface area contributed by atoms with Crippen LogP contribution in [0.15, 0.2) is 17.8 Å². The fourth-order valence-corrected chi connectivity index (χ4v) is 3.91. The lowest BCUT2D eigenvalue weighted by molar-refractivity contribution is 0.199. The van der Waals surface area contributed by atoms with Gasteiger partial charge >= 0.3 is 0 Å². The Morgan fingerprint density at radius 1 is 1.29 bits per heavy atom. The maximum Gasteiger partial charge on any atom is 0.227 e. The van der Waals surface area contributed by atoms with E-state index < -0.39 is 0 Å². The van der Waals surface area contributed by atoms with Crippen LogP contribution in [0.25, 0.3) is 0 Å². The molecule has 0 aromatic carbocycles. The van der Waals surface area contributed by atoms with E-state index in [9.17, 15) is 0 Å². The Kier molecular flexibility index (Phi) is 5.30. The minimum absolute atomic E-state index is 0.449. The van der Waals surface area contributed by atoms with Crippen LogP contribution in [0.2, 0.25) is 0 Å². The van der Waals surface area contributed by atoms with Gasteiger partial charge in [0.2, 0.25) is 5.95 Å². The molecule has 1 unspecified atom stereocenters. The highest BCUT2D eigenvalue weighted by Gasteiger charge is 2.25. The zero-order valence-electron chi connectivity index (χ0n) is 14.9. The van der Waals surface area contributed by atoms with E-state index >= 15 is 0 Å². The van der Waals surface area contributed by atoms with Gasteiger partial charge in [-0.1, -0.05) is 0 Å². The Morgan fingerprint density at radius 3 is 2.83 bits per heavy atom. The molecule has 1 aliphatic heterocycles. The van der Waals surface area contributed by atoms with Crippen molar-refractivity contribution in [1.82, 2.24) is 19.9 Å². The van der Waals surface area contributed by atoms with Crippen LogP contribution in [0.5, 0.6) is 0 Å². The molecule has 0 radical (unpaired) electrons. The van der Waals surface area contributed by atoms with E-state index in [1.54, 1.807) is 11.3 Å². The average Bonchev–Trinajstić information content (AvgIpc) is 2.99. The molecule has 0 saturated carbocycles. The molecular weight excluding hydrogens is 320 g/mol. The summed E-state index contributed by atoms with van der Waals surface area (Å²) in [6, 6.07) is 2.39. The standard InChI is InChI=1S/C17H26N6S/c1-13-15(24-12-19-13)11-23-9-5-6-14(10-23)22(4)17-18-8-7-16(20-17)21(2)3/h7-8,12,14H,5-6,9-11H2,1-4H3. The number of likely N-dealkylation sites (N-methyl/N-ethyl adjacent to an activating group) is 1. The molecule has 1 fully saturated rings. The lowest BCUT2D eigenvalue weighted by Gasteiger charge is -2.37. The number of aromatic nitrogens is 3. The van der Waals surface area contributed by atoms with Crippen LogP contribution in [0.4, 0.5) is 11.8 Å². The number of rotatable bonds is 5. The normalized spacial score (nSPS) is 18.6. The topological polar surface area (TPSA) is 48.4 Å². The van der Waals surface area contributed by atoms with E-state index in [0.717, 1.165) is 37.1 Å². The highest BCUT2D eigenvalue weighted by molar-refractivity contribution is 7.09. The van der Waals surface area contributed by atoms with E-state index in [2.05, 4.69) is 38.7 Å². The third-order valence-corrected chi connectivity index (χ3v) is 5.56. The van der Waals surface area contributed by atoms with E-state index in [-0.39, 0.29) is 0 Å². The summed E-state index contributed by atoms with van der Waals surface area (Å²) in [5.74, 6) is 1.75. The highest BCUT2D eigenvalue weighted by Crippen LogP contribution is 2.23. The Bertz CT molecular complexity index is 671. The Labute approximate surface area is 148 Å². The fourth-order valence-electron chi connectivity index (χ4n) is 3.09. The summed E-state index contributed by atoms with van der Waals surface area (Å²) in [4.78, 5) is 21.7. The molecule has 6 nitrogen and oxygen atoms in total. The van der Waals surface area contributed by atoms with Gasteiger partial charge in [0.25, 0.3) is 0 Å². The maximum atomic E-state index is 4.68. The van der Waals surface area contributed by atoms with Crippen molar-refractivity contribution in [3.63, 3.8) is 0 Å². The second kappa shape index (κ2) is 7.44. The van der Waals surface area contributed by atoms with Gasteiger partial charge in [0, 0.05) is 51.3 Å². The molecule has 1 saturated heterocycles. The molecule has 0 amide bonds. The SMILES string of the molecule is Cc1ncsc1CN1CCCC(N(C)c2nccc(N(C)C)n2)C1. The van der Waals surface area contributed by atoms with Crippen molar-refractivity contribution < 1.29 is 0 Å². The maximum absolute atomic E-state index is 4.68. The third-order valence-electron chi connectivity index (χ3n) is 4.64. The summed E-state index contributed by atoms with van der Waals surface area (Å²) in [6.07, 6.45) is 4.24. The molecule has 130 valence electrons. The molecule has 0 aliphatic carbocycles. The van der Waals surface area contributed by atoms with Crippen molar-refractivity contribution in [2.75, 3.05) is 44.0 Å². The van der Waals surface area contributed by atoms with Crippen molar-refractivity contribution >= 4 is 23.1 Å². The summed E-state index contributed by atoms with van der Waals surface area (Å²) in [7, 11) is 6.12. The van der Waals surface area contributed by atoms with Gasteiger partial charge in [-0.3, -0.25) is 4.90 Å². The van der Waals surface area contributed by atoms with Gasteiger partial charge in [-0.2, -0.15) is 4.98 Å². The largest absolute Gasteiger partial charge is 0.363 e. The van der Waals surface area contributed by atoms with Crippen molar-refractivity contribution in [2.24, 2.45) is 0 Å². The zero-order chi connectivity index (χ0) is 17.1. The number of hydrogen-bond donors (Lipinski definition) is 0. The number of anilines is 2. The van der Waals surface area contributed by atoms with Crippen molar-refractivity contribution in [3.05, 3.63) is 28.3 Å². The monoisotopic (exact) mass is 346 g/mol. The van der Waals surface area contributed by atoms with E-state index in [1.165, 1.54) is 17.7 Å². The van der Waals surface area contributed by atoms with Gasteiger partial charge in [0.15, 0.2) is 0 Å². The van der Waals surface area contributed by atoms with Gasteiger partial charge in [0.05, 0.1) is 11.2 Å². The first kappa shape index (κ1) is 17.1. The van der Waals surface area contributed by atoms with Gasteiger partial charge < -0.3 is 9.80 Å². The predicted octanol–water partition coefficient (Wildman–Crippen LogP) is 2.41. The van der Waals surface area contributed by atoms with Crippen LogP contribution in [0, 0.1) is 6.92 Å². The van der Waals surface area contributed by atoms with Crippen LogP contribution < -0.4 is 9.80 Å². The summed E-state index contributed by atoms with van der Waals surface area (Å²) >= 11 is 1.76. The van der Waals surface area contributed by atoms with Gasteiger partial charge in [-0.25, -0.2) is 9.97 Å². The molecule has 7 heteroatoms. The van der Waals surface area contributed by atoms with Gasteiger partial charge in [-0.05, 0) is 32.4 Å². The number of hydrogen-bond acceptors (Lipinski definition) is 7. The van der Waals surface area contributed by atoms with E-state index in [1.807, 2.05) is 36.8 Å². The first-order valence-electron chi connectivity index (χ1n) is 8.39. The molecule has 0 N–H and O–H groups in total. The second-order valence-corrected chi connectivity index (χ2v) is 7.55. The van der Waals surface area contributed by atoms with Gasteiger partial charge in [0.1, 0.15) is 5.82 Å². The summed E-state index contributed by atoms with van der Waals surface area (Å²) in [6.45, 7) is 5.29. The minimum atomic E-state index is 0.449. The third kappa shape index (κ3) is 3.84. The zero-order valence-corrected chi connectivity index (χ0v) is 15.8. The second-order valence-electron chi connectivity index (χ2n) is 6.61. The van der Waals surface area contributed by atoms with Crippen LogP contribution in [-0.4, -0.2) is 60.1 Å². The number of nitrogens with zero attached hydrogens (tertiary/aromatic N) is 6. The molecule has 1 aliphatic rings. The number of piperidine rings is 1. The Balaban J connectivity index is 1.67. The summed E-state index contributed by atoms with van der Waals surface area (Å²) in [5, 5.41) is 0. The van der Waals surface area contributed by atoms with Crippen LogP contribution >= 0.6 is 11.3 Å². The molecular formula is C17H26N6S. The smallest absolute Gasteiger partial charge is 0.227 e. The predicted molar refractivity (Wildman–Crippen MR) is 99.9 cm³/mol. The van der Waals surface area contributed by atoms with Crippen LogP contribution in [0.3, 0.4) is 0 Å². The molecule has 1 atom stereocenters. The Morgan fingerprint density at radius 2 is 2.12 bits per heavy atom. The lowest BCUT2D eigenvalue weighted by atomic mass is 10.0. The molecule has 0 spiro atoms.